The largest absolute Gasteiger partial charge is 0.371 e. The van der Waals surface area contributed by atoms with E-state index in [1.807, 2.05) is 30.3 Å². The van der Waals surface area contributed by atoms with E-state index in [9.17, 15) is 9.59 Å². The maximum atomic E-state index is 13.4. The van der Waals surface area contributed by atoms with Crippen molar-refractivity contribution in [2.24, 2.45) is 5.92 Å². The molecule has 2 aromatic carbocycles. The standard InChI is InChI=1S/C31H38N4O2/c1-2-3-5-12-30(36)34-27-13-14-29(28(21-27)31(37)33-23-26-11-8-17-32-22-26)35-18-15-25(16-19-35)20-24-9-6-4-7-10-24/h4,6-11,13-14,17,21-22,25H,2-3,5,12,15-16,18-20,23H2,1H3,(H,33,37)(H,34,36). The van der Waals surface area contributed by atoms with Crippen molar-refractivity contribution in [1.82, 2.24) is 10.3 Å². The fraction of sp³-hybridized carbons (Fsp3) is 0.387. The summed E-state index contributed by atoms with van der Waals surface area (Å²) in [5, 5.41) is 6.03. The minimum absolute atomic E-state index is 0.00959. The van der Waals surface area contributed by atoms with Crippen molar-refractivity contribution in [2.75, 3.05) is 23.3 Å². The highest BCUT2D eigenvalue weighted by Crippen LogP contribution is 2.30. The summed E-state index contributed by atoms with van der Waals surface area (Å²) in [4.78, 5) is 32.2. The Labute approximate surface area is 220 Å². The van der Waals surface area contributed by atoms with Crippen LogP contribution in [-0.2, 0) is 17.8 Å². The van der Waals surface area contributed by atoms with E-state index in [2.05, 4.69) is 57.8 Å². The molecule has 194 valence electrons. The first kappa shape index (κ1) is 26.4. The molecule has 0 unspecified atom stereocenters. The van der Waals surface area contributed by atoms with Crippen molar-refractivity contribution in [3.8, 4) is 0 Å². The zero-order chi connectivity index (χ0) is 25.9. The number of nitrogens with zero attached hydrogens (tertiary/aromatic N) is 2. The first-order chi connectivity index (χ1) is 18.1. The molecule has 0 radical (unpaired) electrons. The van der Waals surface area contributed by atoms with Crippen LogP contribution >= 0.6 is 0 Å². The van der Waals surface area contributed by atoms with E-state index in [0.717, 1.165) is 62.9 Å². The van der Waals surface area contributed by atoms with Crippen molar-refractivity contribution in [3.63, 3.8) is 0 Å². The van der Waals surface area contributed by atoms with Gasteiger partial charge in [0.15, 0.2) is 0 Å². The Morgan fingerprint density at radius 1 is 0.973 bits per heavy atom. The summed E-state index contributed by atoms with van der Waals surface area (Å²) >= 11 is 0. The van der Waals surface area contributed by atoms with Gasteiger partial charge in [0.2, 0.25) is 5.91 Å². The lowest BCUT2D eigenvalue weighted by atomic mass is 9.89. The number of nitrogens with one attached hydrogen (secondary N) is 2. The molecule has 6 nitrogen and oxygen atoms in total. The summed E-state index contributed by atoms with van der Waals surface area (Å²) in [6.07, 6.45) is 10.2. The van der Waals surface area contributed by atoms with Crippen LogP contribution in [0.4, 0.5) is 11.4 Å². The van der Waals surface area contributed by atoms with E-state index < -0.39 is 0 Å². The maximum Gasteiger partial charge on any atom is 0.253 e. The number of amides is 2. The molecule has 0 spiro atoms. The second-order valence-electron chi connectivity index (χ2n) is 9.90. The molecule has 3 aromatic rings. The molecule has 0 atom stereocenters. The highest BCUT2D eigenvalue weighted by molar-refractivity contribution is 6.02. The molecule has 1 aliphatic heterocycles. The monoisotopic (exact) mass is 498 g/mol. The highest BCUT2D eigenvalue weighted by atomic mass is 16.2. The number of hydrogen-bond donors (Lipinski definition) is 2. The van der Waals surface area contributed by atoms with Crippen LogP contribution in [-0.4, -0.2) is 29.9 Å². The lowest BCUT2D eigenvalue weighted by molar-refractivity contribution is -0.116. The average molecular weight is 499 g/mol. The number of carbonyl (C=O) groups is 2. The number of piperidine rings is 1. The summed E-state index contributed by atoms with van der Waals surface area (Å²) < 4.78 is 0. The molecule has 2 N–H and O–H groups in total. The van der Waals surface area contributed by atoms with Gasteiger partial charge in [0.1, 0.15) is 0 Å². The number of carbonyl (C=O) groups excluding carboxylic acids is 2. The van der Waals surface area contributed by atoms with Gasteiger partial charge in [-0.25, -0.2) is 0 Å². The molecule has 2 heterocycles. The molecule has 1 fully saturated rings. The van der Waals surface area contributed by atoms with Crippen LogP contribution in [0.1, 0.15) is 66.9 Å². The van der Waals surface area contributed by atoms with Crippen LogP contribution < -0.4 is 15.5 Å². The van der Waals surface area contributed by atoms with Gasteiger partial charge in [0.25, 0.3) is 5.91 Å². The van der Waals surface area contributed by atoms with Crippen LogP contribution in [0.15, 0.2) is 73.1 Å². The minimum Gasteiger partial charge on any atom is -0.371 e. The third kappa shape index (κ3) is 7.91. The Bertz CT molecular complexity index is 1140. The number of benzene rings is 2. The fourth-order valence-corrected chi connectivity index (χ4v) is 4.94. The van der Waals surface area contributed by atoms with Gasteiger partial charge >= 0.3 is 0 Å². The lowest BCUT2D eigenvalue weighted by Gasteiger charge is -2.35. The maximum absolute atomic E-state index is 13.4. The van der Waals surface area contributed by atoms with E-state index in [0.29, 0.717) is 30.1 Å². The van der Waals surface area contributed by atoms with E-state index in [-0.39, 0.29) is 11.8 Å². The molecule has 0 saturated carbocycles. The Morgan fingerprint density at radius 3 is 2.49 bits per heavy atom. The van der Waals surface area contributed by atoms with Crippen molar-refractivity contribution >= 4 is 23.2 Å². The molecule has 0 aliphatic carbocycles. The molecule has 4 rings (SSSR count). The number of aromatic nitrogens is 1. The minimum atomic E-state index is -0.146. The van der Waals surface area contributed by atoms with Crippen LogP contribution in [0.25, 0.3) is 0 Å². The third-order valence-corrected chi connectivity index (χ3v) is 7.03. The molecule has 1 saturated heterocycles. The second-order valence-corrected chi connectivity index (χ2v) is 9.90. The molecule has 1 aromatic heterocycles. The van der Waals surface area contributed by atoms with Crippen molar-refractivity contribution in [2.45, 2.75) is 58.4 Å². The van der Waals surface area contributed by atoms with Gasteiger partial charge in [-0.05, 0) is 67.0 Å². The van der Waals surface area contributed by atoms with Crippen LogP contribution in [0.2, 0.25) is 0 Å². The summed E-state index contributed by atoms with van der Waals surface area (Å²) in [5.74, 6) is 0.486. The van der Waals surface area contributed by atoms with E-state index in [1.165, 1.54) is 5.56 Å². The lowest BCUT2D eigenvalue weighted by Crippen LogP contribution is -2.36. The Balaban J connectivity index is 1.46. The first-order valence-electron chi connectivity index (χ1n) is 13.5. The van der Waals surface area contributed by atoms with Crippen LogP contribution in [0, 0.1) is 5.92 Å². The number of rotatable bonds is 11. The first-order valence-corrected chi connectivity index (χ1v) is 13.5. The summed E-state index contributed by atoms with van der Waals surface area (Å²) in [7, 11) is 0. The zero-order valence-electron chi connectivity index (χ0n) is 21.8. The predicted octanol–water partition coefficient (Wildman–Crippen LogP) is 5.99. The summed E-state index contributed by atoms with van der Waals surface area (Å²) in [5.41, 5.74) is 4.51. The molecule has 6 heteroatoms. The van der Waals surface area contributed by atoms with Crippen molar-refractivity contribution in [1.29, 1.82) is 0 Å². The fourth-order valence-electron chi connectivity index (χ4n) is 4.94. The molecule has 2 amide bonds. The average Bonchev–Trinajstić information content (AvgIpc) is 2.93. The number of pyridine rings is 1. The number of unbranched alkanes of at least 4 members (excludes halogenated alkanes) is 2. The normalized spacial score (nSPS) is 13.8. The topological polar surface area (TPSA) is 74.3 Å². The molecular formula is C31H38N4O2. The third-order valence-electron chi connectivity index (χ3n) is 7.03. The van der Waals surface area contributed by atoms with Crippen LogP contribution in [0.5, 0.6) is 0 Å². The molecule has 1 aliphatic rings. The number of anilines is 2. The van der Waals surface area contributed by atoms with E-state index in [4.69, 9.17) is 0 Å². The van der Waals surface area contributed by atoms with Gasteiger partial charge in [0, 0.05) is 49.8 Å². The Kier molecular flexibility index (Phi) is 9.69. The van der Waals surface area contributed by atoms with Crippen molar-refractivity contribution in [3.05, 3.63) is 89.7 Å². The SMILES string of the molecule is CCCCCC(=O)Nc1ccc(N2CCC(Cc3ccccc3)CC2)c(C(=O)NCc2cccnc2)c1. The van der Waals surface area contributed by atoms with Crippen LogP contribution in [0.3, 0.4) is 0 Å². The van der Waals surface area contributed by atoms with Gasteiger partial charge in [-0.3, -0.25) is 14.6 Å². The highest BCUT2D eigenvalue weighted by Gasteiger charge is 2.24. The zero-order valence-corrected chi connectivity index (χ0v) is 21.8. The van der Waals surface area contributed by atoms with Gasteiger partial charge in [-0.2, -0.15) is 0 Å². The molecule has 0 bridgehead atoms. The second kappa shape index (κ2) is 13.6. The molecular weight excluding hydrogens is 460 g/mol. The van der Waals surface area contributed by atoms with Gasteiger partial charge in [-0.15, -0.1) is 0 Å². The van der Waals surface area contributed by atoms with Gasteiger partial charge in [-0.1, -0.05) is 56.2 Å². The quantitative estimate of drug-likeness (QED) is 0.319. The Morgan fingerprint density at radius 2 is 1.76 bits per heavy atom. The Hall–Kier alpha value is -3.67. The van der Waals surface area contributed by atoms with Gasteiger partial charge < -0.3 is 15.5 Å². The summed E-state index contributed by atoms with van der Waals surface area (Å²) in [6.45, 7) is 4.34. The van der Waals surface area contributed by atoms with Gasteiger partial charge in [0.05, 0.1) is 5.56 Å². The predicted molar refractivity (Wildman–Crippen MR) is 150 cm³/mol. The van der Waals surface area contributed by atoms with E-state index in [1.54, 1.807) is 12.4 Å². The smallest absolute Gasteiger partial charge is 0.253 e. The molecule has 37 heavy (non-hydrogen) atoms. The summed E-state index contributed by atoms with van der Waals surface area (Å²) in [6, 6.07) is 20.2. The number of hydrogen-bond acceptors (Lipinski definition) is 4. The van der Waals surface area contributed by atoms with Crippen molar-refractivity contribution < 1.29 is 9.59 Å². The van der Waals surface area contributed by atoms with E-state index >= 15 is 0 Å².